The molecule has 26 heavy (non-hydrogen) atoms. The van der Waals surface area contributed by atoms with Crippen molar-refractivity contribution in [3.63, 3.8) is 0 Å². The smallest absolute Gasteiger partial charge is 0.224 e. The van der Waals surface area contributed by atoms with Gasteiger partial charge < -0.3 is 4.43 Å². The van der Waals surface area contributed by atoms with Crippen molar-refractivity contribution in [3.8, 4) is 0 Å². The molecule has 8 heteroatoms. The summed E-state index contributed by atoms with van der Waals surface area (Å²) in [6.07, 6.45) is 8.17. The van der Waals surface area contributed by atoms with Crippen LogP contribution in [0.15, 0.2) is 0 Å². The zero-order valence-electron chi connectivity index (χ0n) is 15.2. The Morgan fingerprint density at radius 2 is 1.04 bits per heavy atom. The van der Waals surface area contributed by atoms with Crippen LogP contribution in [0.1, 0.15) is 51.4 Å². The summed E-state index contributed by atoms with van der Waals surface area (Å²) in [5.74, 6) is -8.85. The predicted molar refractivity (Wildman–Crippen MR) is 97.0 cm³/mol. The van der Waals surface area contributed by atoms with Gasteiger partial charge in [-0.2, -0.15) is 0 Å². The molecule has 1 aromatic rings. The summed E-state index contributed by atoms with van der Waals surface area (Å²) in [5, 5.41) is -0.798. The molecule has 0 saturated carbocycles. The lowest BCUT2D eigenvalue weighted by atomic mass is 10.1. The van der Waals surface area contributed by atoms with Gasteiger partial charge in [-0.15, -0.1) is 11.6 Å². The van der Waals surface area contributed by atoms with E-state index in [9.17, 15) is 22.0 Å². The predicted octanol–water partition coefficient (Wildman–Crippen LogP) is 6.17. The topological polar surface area (TPSA) is 9.23 Å². The Morgan fingerprint density at radius 3 is 1.50 bits per heavy atom. The molecule has 0 aliphatic carbocycles. The van der Waals surface area contributed by atoms with Crippen LogP contribution in [0.25, 0.3) is 0 Å². The van der Waals surface area contributed by atoms with Crippen LogP contribution in [-0.4, -0.2) is 20.8 Å². The van der Waals surface area contributed by atoms with Gasteiger partial charge in [-0.1, -0.05) is 38.5 Å². The van der Waals surface area contributed by atoms with Gasteiger partial charge in [-0.25, -0.2) is 22.0 Å². The van der Waals surface area contributed by atoms with Crippen LogP contribution in [0, 0.1) is 29.1 Å². The van der Waals surface area contributed by atoms with Gasteiger partial charge in [-0.05, 0) is 25.9 Å². The highest BCUT2D eigenvalue weighted by atomic mass is 35.5. The number of hydrogen-bond donors (Lipinski definition) is 0. The lowest BCUT2D eigenvalue weighted by Crippen LogP contribution is -2.50. The third kappa shape index (κ3) is 6.50. The summed E-state index contributed by atoms with van der Waals surface area (Å²) in [7, 11) is -3.25. The monoisotopic (exact) mass is 416 g/mol. The summed E-state index contributed by atoms with van der Waals surface area (Å²) in [6.45, 7) is 3.11. The SMILES string of the molecule is C[Si](C)(OCCCCCCCCCCCl)c1c(F)c(F)c(F)c(F)c1F. The van der Waals surface area contributed by atoms with Gasteiger partial charge in [0.15, 0.2) is 23.3 Å². The Balaban J connectivity index is 2.46. The third-order valence-electron chi connectivity index (χ3n) is 4.30. The first-order chi connectivity index (χ1) is 12.2. The molecule has 150 valence electrons. The lowest BCUT2D eigenvalue weighted by molar-refractivity contribution is 0.298. The van der Waals surface area contributed by atoms with E-state index in [1.165, 1.54) is 13.1 Å². The summed E-state index contributed by atoms with van der Waals surface area (Å²) >= 11 is 5.61. The van der Waals surface area contributed by atoms with Crippen LogP contribution in [0.5, 0.6) is 0 Å². The van der Waals surface area contributed by atoms with E-state index >= 15 is 0 Å². The first kappa shape index (κ1) is 23.4. The molecule has 0 radical (unpaired) electrons. The second-order valence-electron chi connectivity index (χ2n) is 6.82. The molecular weight excluding hydrogens is 391 g/mol. The fourth-order valence-corrected chi connectivity index (χ4v) is 5.05. The van der Waals surface area contributed by atoms with Gasteiger partial charge >= 0.3 is 0 Å². The van der Waals surface area contributed by atoms with Crippen LogP contribution in [0.2, 0.25) is 13.1 Å². The standard InChI is InChI=1S/C18H26ClF5OSi/c1-26(2,18-16(23)14(21)13(20)15(22)17(18)24)25-12-10-8-6-4-3-5-7-9-11-19/h3-12H2,1-2H3. The Labute approximate surface area is 158 Å². The molecule has 0 saturated heterocycles. The van der Waals surface area contributed by atoms with Crippen LogP contribution in [0.4, 0.5) is 22.0 Å². The quantitative estimate of drug-likeness (QED) is 0.0988. The molecular formula is C18H26ClF5OSi. The minimum Gasteiger partial charge on any atom is -0.413 e. The van der Waals surface area contributed by atoms with Crippen molar-refractivity contribution < 1.29 is 26.4 Å². The maximum atomic E-state index is 13.9. The van der Waals surface area contributed by atoms with Gasteiger partial charge in [0.1, 0.15) is 0 Å². The maximum Gasteiger partial charge on any atom is 0.224 e. The number of unbranched alkanes of at least 4 members (excludes halogenated alkanes) is 7. The fraction of sp³-hybridized carbons (Fsp3) is 0.667. The molecule has 0 spiro atoms. The summed E-state index contributed by atoms with van der Waals surface area (Å²) in [4.78, 5) is 0. The van der Waals surface area contributed by atoms with E-state index < -0.39 is 42.6 Å². The molecule has 1 aromatic carbocycles. The summed E-state index contributed by atoms with van der Waals surface area (Å²) in [5.41, 5.74) is 0. The van der Waals surface area contributed by atoms with Crippen molar-refractivity contribution in [3.05, 3.63) is 29.1 Å². The van der Waals surface area contributed by atoms with Crippen LogP contribution in [-0.2, 0) is 4.43 Å². The molecule has 0 heterocycles. The van der Waals surface area contributed by atoms with E-state index in [0.717, 1.165) is 44.9 Å². The second-order valence-corrected chi connectivity index (χ2v) is 11.0. The van der Waals surface area contributed by atoms with E-state index in [4.69, 9.17) is 16.0 Å². The maximum absolute atomic E-state index is 13.9. The highest BCUT2D eigenvalue weighted by molar-refractivity contribution is 6.84. The Kier molecular flexibility index (Phi) is 10.1. The van der Waals surface area contributed by atoms with E-state index in [1.54, 1.807) is 0 Å². The lowest BCUT2D eigenvalue weighted by Gasteiger charge is -2.24. The van der Waals surface area contributed by atoms with Gasteiger partial charge in [0.25, 0.3) is 0 Å². The van der Waals surface area contributed by atoms with Crippen LogP contribution >= 0.6 is 11.6 Å². The number of benzene rings is 1. The first-order valence-corrected chi connectivity index (χ1v) is 12.4. The Hall–Kier alpha value is -0.663. The molecule has 1 rings (SSSR count). The molecule has 0 atom stereocenters. The van der Waals surface area contributed by atoms with Crippen molar-refractivity contribution in [2.45, 2.75) is 64.5 Å². The number of alkyl halides is 1. The minimum absolute atomic E-state index is 0.241. The van der Waals surface area contributed by atoms with Crippen molar-refractivity contribution >= 4 is 25.1 Å². The Morgan fingerprint density at radius 1 is 0.654 bits per heavy atom. The van der Waals surface area contributed by atoms with Crippen molar-refractivity contribution in [2.24, 2.45) is 0 Å². The van der Waals surface area contributed by atoms with Crippen molar-refractivity contribution in [1.82, 2.24) is 0 Å². The number of rotatable bonds is 12. The van der Waals surface area contributed by atoms with E-state index in [2.05, 4.69) is 0 Å². The molecule has 0 aliphatic rings. The number of halogens is 6. The largest absolute Gasteiger partial charge is 0.413 e. The van der Waals surface area contributed by atoms with Crippen molar-refractivity contribution in [2.75, 3.05) is 12.5 Å². The molecule has 0 N–H and O–H groups in total. The average molecular weight is 417 g/mol. The summed E-state index contributed by atoms with van der Waals surface area (Å²) in [6, 6.07) is 0. The number of hydrogen-bond acceptors (Lipinski definition) is 1. The van der Waals surface area contributed by atoms with E-state index in [0.29, 0.717) is 12.3 Å². The zero-order chi connectivity index (χ0) is 19.7. The molecule has 0 bridgehead atoms. The fourth-order valence-electron chi connectivity index (χ4n) is 2.79. The second kappa shape index (κ2) is 11.2. The average Bonchev–Trinajstić information content (AvgIpc) is 2.59. The molecule has 0 aromatic heterocycles. The molecule has 0 amide bonds. The minimum atomic E-state index is -3.25. The first-order valence-electron chi connectivity index (χ1n) is 8.95. The highest BCUT2D eigenvalue weighted by Crippen LogP contribution is 2.20. The van der Waals surface area contributed by atoms with Crippen LogP contribution in [0.3, 0.4) is 0 Å². The zero-order valence-corrected chi connectivity index (χ0v) is 17.0. The Bertz CT molecular complexity index is 554. The van der Waals surface area contributed by atoms with Crippen LogP contribution < -0.4 is 5.19 Å². The van der Waals surface area contributed by atoms with E-state index in [-0.39, 0.29) is 6.61 Å². The molecule has 0 unspecified atom stereocenters. The summed E-state index contributed by atoms with van der Waals surface area (Å²) < 4.78 is 73.3. The van der Waals surface area contributed by atoms with E-state index in [1.807, 2.05) is 0 Å². The molecule has 0 aliphatic heterocycles. The normalized spacial score (nSPS) is 12.0. The van der Waals surface area contributed by atoms with Gasteiger partial charge in [0.05, 0.1) is 0 Å². The molecule has 1 nitrogen and oxygen atoms in total. The van der Waals surface area contributed by atoms with Crippen molar-refractivity contribution in [1.29, 1.82) is 0 Å². The van der Waals surface area contributed by atoms with Gasteiger partial charge in [0.2, 0.25) is 14.1 Å². The third-order valence-corrected chi connectivity index (χ3v) is 7.14. The van der Waals surface area contributed by atoms with Gasteiger partial charge in [-0.3, -0.25) is 0 Å². The molecule has 0 fully saturated rings. The highest BCUT2D eigenvalue weighted by Gasteiger charge is 2.37. The van der Waals surface area contributed by atoms with Gasteiger partial charge in [0, 0.05) is 17.7 Å².